The summed E-state index contributed by atoms with van der Waals surface area (Å²) in [5, 5.41) is 4.08. The van der Waals surface area contributed by atoms with Crippen molar-refractivity contribution in [3.05, 3.63) is 49.6 Å². The summed E-state index contributed by atoms with van der Waals surface area (Å²) in [7, 11) is 0. The summed E-state index contributed by atoms with van der Waals surface area (Å²) in [6.45, 7) is 9.91. The van der Waals surface area contributed by atoms with Gasteiger partial charge in [-0.3, -0.25) is 9.59 Å². The fourth-order valence-electron chi connectivity index (χ4n) is 2.99. The molecule has 3 aromatic rings. The minimum Gasteiger partial charge on any atom is -0.325 e. The number of aromatic amines is 1. The number of hydrogen-bond acceptors (Lipinski definition) is 5. The molecule has 0 spiro atoms. The van der Waals surface area contributed by atoms with Crippen LogP contribution in [0.4, 0.5) is 5.69 Å². The fourth-order valence-corrected chi connectivity index (χ4v) is 4.74. The third-order valence-corrected chi connectivity index (χ3v) is 6.27. The Labute approximate surface area is 160 Å². The predicted molar refractivity (Wildman–Crippen MR) is 110 cm³/mol. The van der Waals surface area contributed by atoms with Crippen LogP contribution >= 0.6 is 23.1 Å². The minimum absolute atomic E-state index is 0.119. The summed E-state index contributed by atoms with van der Waals surface area (Å²) in [5.41, 5.74) is 4.92. The summed E-state index contributed by atoms with van der Waals surface area (Å²) < 4.78 is 0. The molecule has 2 heterocycles. The highest BCUT2D eigenvalue weighted by Crippen LogP contribution is 2.27. The van der Waals surface area contributed by atoms with E-state index in [1.54, 1.807) is 0 Å². The topological polar surface area (TPSA) is 74.8 Å². The lowest BCUT2D eigenvalue weighted by atomic mass is 10.1. The lowest BCUT2D eigenvalue weighted by molar-refractivity contribution is -0.113. The van der Waals surface area contributed by atoms with Crippen LogP contribution in [0.5, 0.6) is 0 Å². The maximum absolute atomic E-state index is 12.3. The molecule has 0 bridgehead atoms. The molecule has 2 N–H and O–H groups in total. The quantitative estimate of drug-likeness (QED) is 0.518. The average molecular weight is 388 g/mol. The monoisotopic (exact) mass is 387 g/mol. The van der Waals surface area contributed by atoms with Gasteiger partial charge in [0.25, 0.3) is 5.56 Å². The first-order chi connectivity index (χ1) is 12.3. The van der Waals surface area contributed by atoms with Crippen molar-refractivity contribution in [2.24, 2.45) is 0 Å². The van der Waals surface area contributed by atoms with E-state index in [1.807, 2.05) is 46.8 Å². The van der Waals surface area contributed by atoms with Gasteiger partial charge >= 0.3 is 0 Å². The van der Waals surface area contributed by atoms with Gasteiger partial charge in [0.2, 0.25) is 5.91 Å². The number of rotatable bonds is 4. The fraction of sp³-hybridized carbons (Fsp3) is 0.316. The Balaban J connectivity index is 1.74. The van der Waals surface area contributed by atoms with E-state index in [-0.39, 0.29) is 17.2 Å². The molecule has 1 aromatic carbocycles. The van der Waals surface area contributed by atoms with E-state index < -0.39 is 0 Å². The number of benzene rings is 1. The van der Waals surface area contributed by atoms with Gasteiger partial charge in [0, 0.05) is 10.6 Å². The molecule has 3 rings (SSSR count). The Hall–Kier alpha value is -2.12. The van der Waals surface area contributed by atoms with Crippen LogP contribution in [0, 0.1) is 34.6 Å². The molecule has 0 aliphatic rings. The first-order valence-electron chi connectivity index (χ1n) is 8.26. The number of carbonyl (C=O) groups excluding carboxylic acids is 1. The van der Waals surface area contributed by atoms with Crippen molar-refractivity contribution >= 4 is 44.9 Å². The zero-order valence-electron chi connectivity index (χ0n) is 15.4. The van der Waals surface area contributed by atoms with Gasteiger partial charge in [0.05, 0.1) is 11.1 Å². The Kier molecular flexibility index (Phi) is 5.20. The number of thiophene rings is 1. The van der Waals surface area contributed by atoms with E-state index in [0.29, 0.717) is 10.5 Å². The van der Waals surface area contributed by atoms with E-state index in [9.17, 15) is 9.59 Å². The number of nitrogens with zero attached hydrogens (tertiary/aromatic N) is 1. The summed E-state index contributed by atoms with van der Waals surface area (Å²) >= 11 is 2.74. The van der Waals surface area contributed by atoms with Gasteiger partial charge in [-0.25, -0.2) is 4.98 Å². The SMILES string of the molecule is Cc1cc(C)c(NC(=O)CSc2nc3sc(C)c(C)c3c(=O)[nH]2)c(C)c1. The molecular weight excluding hydrogens is 366 g/mol. The number of anilines is 1. The van der Waals surface area contributed by atoms with Gasteiger partial charge in [-0.05, 0) is 51.3 Å². The number of aromatic nitrogens is 2. The molecule has 0 unspecified atom stereocenters. The smallest absolute Gasteiger partial charge is 0.260 e. The van der Waals surface area contributed by atoms with E-state index in [1.165, 1.54) is 28.7 Å². The van der Waals surface area contributed by atoms with Gasteiger partial charge in [0.15, 0.2) is 5.16 Å². The molecule has 2 aromatic heterocycles. The highest BCUT2D eigenvalue weighted by Gasteiger charge is 2.14. The molecule has 0 saturated carbocycles. The number of hydrogen-bond donors (Lipinski definition) is 2. The van der Waals surface area contributed by atoms with E-state index in [4.69, 9.17) is 0 Å². The van der Waals surface area contributed by atoms with E-state index in [0.717, 1.165) is 32.1 Å². The Morgan fingerprint density at radius 2 is 1.85 bits per heavy atom. The lowest BCUT2D eigenvalue weighted by Gasteiger charge is -2.12. The second kappa shape index (κ2) is 7.25. The van der Waals surface area contributed by atoms with Crippen molar-refractivity contribution in [1.29, 1.82) is 0 Å². The second-order valence-electron chi connectivity index (χ2n) is 6.45. The first kappa shape index (κ1) is 18.7. The molecule has 136 valence electrons. The van der Waals surface area contributed by atoms with Gasteiger partial charge in [0.1, 0.15) is 4.83 Å². The maximum Gasteiger partial charge on any atom is 0.260 e. The molecule has 0 aliphatic heterocycles. The number of nitrogens with one attached hydrogen (secondary N) is 2. The average Bonchev–Trinajstić information content (AvgIpc) is 2.83. The number of thioether (sulfide) groups is 1. The highest BCUT2D eigenvalue weighted by molar-refractivity contribution is 7.99. The Bertz CT molecular complexity index is 1040. The van der Waals surface area contributed by atoms with Crippen LogP contribution < -0.4 is 10.9 Å². The minimum atomic E-state index is -0.148. The molecule has 0 radical (unpaired) electrons. The standard InChI is InChI=1S/C19H21N3O2S2/c1-9-6-10(2)16(11(3)7-9)20-14(23)8-25-19-21-17(24)15-12(4)13(5)26-18(15)22-19/h6-7H,8H2,1-5H3,(H,20,23)(H,21,22,24). The van der Waals surface area contributed by atoms with Crippen molar-refractivity contribution in [1.82, 2.24) is 9.97 Å². The van der Waals surface area contributed by atoms with Crippen molar-refractivity contribution < 1.29 is 4.79 Å². The number of H-pyrrole nitrogens is 1. The normalized spacial score (nSPS) is 11.1. The van der Waals surface area contributed by atoms with Crippen molar-refractivity contribution in [3.8, 4) is 0 Å². The maximum atomic E-state index is 12.3. The van der Waals surface area contributed by atoms with Crippen LogP contribution in [0.2, 0.25) is 0 Å². The van der Waals surface area contributed by atoms with Crippen LogP contribution in [0.25, 0.3) is 10.2 Å². The first-order valence-corrected chi connectivity index (χ1v) is 10.1. The van der Waals surface area contributed by atoms with Gasteiger partial charge in [-0.2, -0.15) is 0 Å². The Morgan fingerprint density at radius 3 is 2.50 bits per heavy atom. The molecule has 0 atom stereocenters. The molecular formula is C19H21N3O2S2. The summed E-state index contributed by atoms with van der Waals surface area (Å²) in [4.78, 5) is 33.7. The van der Waals surface area contributed by atoms with Crippen LogP contribution in [-0.2, 0) is 4.79 Å². The van der Waals surface area contributed by atoms with Crippen LogP contribution in [0.3, 0.4) is 0 Å². The van der Waals surface area contributed by atoms with E-state index >= 15 is 0 Å². The third-order valence-electron chi connectivity index (χ3n) is 4.30. The lowest BCUT2D eigenvalue weighted by Crippen LogP contribution is -2.17. The van der Waals surface area contributed by atoms with Gasteiger partial charge in [-0.1, -0.05) is 29.5 Å². The molecule has 0 fully saturated rings. The molecule has 1 amide bonds. The van der Waals surface area contributed by atoms with Crippen LogP contribution in [0.1, 0.15) is 27.1 Å². The van der Waals surface area contributed by atoms with Crippen LogP contribution in [-0.4, -0.2) is 21.6 Å². The molecule has 0 saturated heterocycles. The summed E-state index contributed by atoms with van der Waals surface area (Å²) in [5.74, 6) is 0.0659. The third kappa shape index (κ3) is 3.68. The van der Waals surface area contributed by atoms with Crippen molar-refractivity contribution in [2.75, 3.05) is 11.1 Å². The van der Waals surface area contributed by atoms with Crippen molar-refractivity contribution in [2.45, 2.75) is 39.8 Å². The summed E-state index contributed by atoms with van der Waals surface area (Å²) in [6.07, 6.45) is 0. The van der Waals surface area contributed by atoms with Gasteiger partial charge < -0.3 is 10.3 Å². The number of carbonyl (C=O) groups is 1. The molecule has 26 heavy (non-hydrogen) atoms. The van der Waals surface area contributed by atoms with E-state index in [2.05, 4.69) is 15.3 Å². The van der Waals surface area contributed by atoms with Gasteiger partial charge in [-0.15, -0.1) is 11.3 Å². The molecule has 5 nitrogen and oxygen atoms in total. The molecule has 7 heteroatoms. The largest absolute Gasteiger partial charge is 0.325 e. The number of amides is 1. The Morgan fingerprint density at radius 1 is 1.19 bits per heavy atom. The molecule has 0 aliphatic carbocycles. The van der Waals surface area contributed by atoms with Crippen molar-refractivity contribution in [3.63, 3.8) is 0 Å². The zero-order valence-corrected chi connectivity index (χ0v) is 17.1. The predicted octanol–water partition coefficient (Wildman–Crippen LogP) is 4.26. The highest BCUT2D eigenvalue weighted by atomic mass is 32.2. The number of aryl methyl sites for hydroxylation is 5. The number of fused-ring (bicyclic) bond motifs is 1. The second-order valence-corrected chi connectivity index (χ2v) is 8.61. The van der Waals surface area contributed by atoms with Crippen LogP contribution in [0.15, 0.2) is 22.1 Å². The summed E-state index contributed by atoms with van der Waals surface area (Å²) in [6, 6.07) is 4.09. The zero-order chi connectivity index (χ0) is 19.0.